The molecule has 1 aromatic carbocycles. The first-order valence-electron chi connectivity index (χ1n) is 7.53. The zero-order valence-corrected chi connectivity index (χ0v) is 14.3. The predicted octanol–water partition coefficient (Wildman–Crippen LogP) is 0.805. The summed E-state index contributed by atoms with van der Waals surface area (Å²) in [6.45, 7) is 1.85. The maximum Gasteiger partial charge on any atom is 0.329 e. The number of hydrogen-bond acceptors (Lipinski definition) is 6. The molecule has 3 aromatic rings. The van der Waals surface area contributed by atoms with E-state index in [1.54, 1.807) is 25.8 Å². The van der Waals surface area contributed by atoms with Crippen molar-refractivity contribution >= 4 is 22.8 Å². The Morgan fingerprint density at radius 2 is 1.88 bits per heavy atom. The van der Waals surface area contributed by atoms with Crippen LogP contribution in [0.3, 0.4) is 0 Å². The third kappa shape index (κ3) is 2.91. The van der Waals surface area contributed by atoms with E-state index < -0.39 is 11.2 Å². The monoisotopic (exact) mass is 342 g/mol. The third-order valence-corrected chi connectivity index (χ3v) is 3.97. The van der Waals surface area contributed by atoms with Gasteiger partial charge < -0.3 is 9.30 Å². The SMILES string of the molecule is COc1ccc(C(C)=NNc2nc3c(c(=O)[nH]c(=O)n3C)n2C)cc1. The number of anilines is 1. The Labute approximate surface area is 142 Å². The number of methoxy groups -OCH3 is 1. The summed E-state index contributed by atoms with van der Waals surface area (Å²) >= 11 is 0. The molecule has 0 aliphatic carbocycles. The molecule has 0 bridgehead atoms. The standard InChI is InChI=1S/C16H18N6O3/c1-9(10-5-7-11(25-4)8-6-10)19-20-15-17-13-12(21(15)2)14(23)18-16(24)22(13)3/h5-8H,1-4H3,(H,17,20)(H,18,23,24). The zero-order chi connectivity index (χ0) is 18.1. The first kappa shape index (κ1) is 16.5. The summed E-state index contributed by atoms with van der Waals surface area (Å²) in [4.78, 5) is 30.2. The summed E-state index contributed by atoms with van der Waals surface area (Å²) in [5.74, 6) is 1.12. The van der Waals surface area contributed by atoms with Gasteiger partial charge in [0.1, 0.15) is 5.75 Å². The van der Waals surface area contributed by atoms with Crippen LogP contribution < -0.4 is 21.4 Å². The number of aryl methyl sites for hydroxylation is 2. The van der Waals surface area contributed by atoms with E-state index in [9.17, 15) is 9.59 Å². The van der Waals surface area contributed by atoms with E-state index in [4.69, 9.17) is 4.74 Å². The van der Waals surface area contributed by atoms with E-state index in [0.717, 1.165) is 17.0 Å². The molecule has 0 fully saturated rings. The molecular weight excluding hydrogens is 324 g/mol. The number of rotatable bonds is 4. The second-order valence-electron chi connectivity index (χ2n) is 5.52. The smallest absolute Gasteiger partial charge is 0.329 e. The zero-order valence-electron chi connectivity index (χ0n) is 14.3. The largest absolute Gasteiger partial charge is 0.497 e. The Morgan fingerprint density at radius 1 is 1.20 bits per heavy atom. The number of hydrogen-bond donors (Lipinski definition) is 2. The van der Waals surface area contributed by atoms with Crippen LogP contribution in [0, 0.1) is 0 Å². The molecule has 0 aliphatic heterocycles. The molecule has 0 aliphatic rings. The lowest BCUT2D eigenvalue weighted by atomic mass is 10.1. The van der Waals surface area contributed by atoms with Crippen molar-refractivity contribution in [3.8, 4) is 5.75 Å². The van der Waals surface area contributed by atoms with Gasteiger partial charge in [0.25, 0.3) is 5.56 Å². The number of H-pyrrole nitrogens is 1. The van der Waals surface area contributed by atoms with Gasteiger partial charge in [0, 0.05) is 14.1 Å². The minimum Gasteiger partial charge on any atom is -0.497 e. The first-order valence-corrected chi connectivity index (χ1v) is 7.53. The van der Waals surface area contributed by atoms with Crippen molar-refractivity contribution in [2.75, 3.05) is 12.5 Å². The van der Waals surface area contributed by atoms with Gasteiger partial charge in [-0.1, -0.05) is 0 Å². The number of ether oxygens (including phenoxy) is 1. The van der Waals surface area contributed by atoms with Gasteiger partial charge in [0.05, 0.1) is 12.8 Å². The van der Waals surface area contributed by atoms with Gasteiger partial charge in [-0.2, -0.15) is 10.1 Å². The number of nitrogens with one attached hydrogen (secondary N) is 2. The summed E-state index contributed by atoms with van der Waals surface area (Å²) in [6, 6.07) is 7.48. The minimum absolute atomic E-state index is 0.288. The number of fused-ring (bicyclic) bond motifs is 1. The lowest BCUT2D eigenvalue weighted by Crippen LogP contribution is -2.29. The van der Waals surface area contributed by atoms with Gasteiger partial charge in [-0.25, -0.2) is 10.2 Å². The van der Waals surface area contributed by atoms with Crippen molar-refractivity contribution in [1.82, 2.24) is 19.1 Å². The van der Waals surface area contributed by atoms with Crippen LogP contribution in [0.25, 0.3) is 11.2 Å². The second kappa shape index (κ2) is 6.27. The summed E-state index contributed by atoms with van der Waals surface area (Å²) in [5.41, 5.74) is 4.07. The molecule has 2 N–H and O–H groups in total. The summed E-state index contributed by atoms with van der Waals surface area (Å²) in [6.07, 6.45) is 0. The molecule has 9 nitrogen and oxygen atoms in total. The second-order valence-corrected chi connectivity index (χ2v) is 5.52. The molecular formula is C16H18N6O3. The van der Waals surface area contributed by atoms with E-state index in [2.05, 4.69) is 20.5 Å². The van der Waals surface area contributed by atoms with E-state index in [1.165, 1.54) is 4.57 Å². The molecule has 3 rings (SSSR count). The topological polar surface area (TPSA) is 106 Å². The molecule has 0 radical (unpaired) electrons. The van der Waals surface area contributed by atoms with Crippen LogP contribution in [-0.2, 0) is 14.1 Å². The number of aromatic amines is 1. The molecule has 130 valence electrons. The highest BCUT2D eigenvalue weighted by Crippen LogP contribution is 2.14. The molecule has 0 saturated carbocycles. The van der Waals surface area contributed by atoms with Crippen molar-refractivity contribution in [2.24, 2.45) is 19.2 Å². The molecule has 2 aromatic heterocycles. The Kier molecular flexibility index (Phi) is 4.14. The van der Waals surface area contributed by atoms with Gasteiger partial charge >= 0.3 is 5.69 Å². The molecule has 2 heterocycles. The van der Waals surface area contributed by atoms with Crippen molar-refractivity contribution in [3.05, 3.63) is 50.7 Å². The molecule has 0 spiro atoms. The summed E-state index contributed by atoms with van der Waals surface area (Å²) < 4.78 is 7.96. The van der Waals surface area contributed by atoms with Gasteiger partial charge in [-0.15, -0.1) is 0 Å². The van der Waals surface area contributed by atoms with Crippen LogP contribution in [0.2, 0.25) is 0 Å². The highest BCUT2D eigenvalue weighted by atomic mass is 16.5. The van der Waals surface area contributed by atoms with Crippen molar-refractivity contribution in [3.63, 3.8) is 0 Å². The van der Waals surface area contributed by atoms with Crippen LogP contribution in [0.1, 0.15) is 12.5 Å². The van der Waals surface area contributed by atoms with E-state index >= 15 is 0 Å². The number of benzene rings is 1. The Morgan fingerprint density at radius 3 is 2.52 bits per heavy atom. The fraction of sp³-hybridized carbons (Fsp3) is 0.250. The summed E-state index contributed by atoms with van der Waals surface area (Å²) in [5, 5.41) is 4.30. The molecule has 0 unspecified atom stereocenters. The maximum absolute atomic E-state index is 12.0. The lowest BCUT2D eigenvalue weighted by molar-refractivity contribution is 0.415. The van der Waals surface area contributed by atoms with Crippen molar-refractivity contribution in [2.45, 2.75) is 6.92 Å². The highest BCUT2D eigenvalue weighted by Gasteiger charge is 2.14. The number of imidazole rings is 1. The molecule has 0 atom stereocenters. The van der Waals surface area contributed by atoms with Crippen LogP contribution in [0.15, 0.2) is 39.0 Å². The van der Waals surface area contributed by atoms with Crippen LogP contribution in [0.4, 0.5) is 5.95 Å². The molecule has 0 amide bonds. The number of aromatic nitrogens is 4. The normalized spacial score (nSPS) is 11.8. The van der Waals surface area contributed by atoms with Gasteiger partial charge in [0.15, 0.2) is 11.2 Å². The lowest BCUT2D eigenvalue weighted by Gasteiger charge is -2.04. The van der Waals surface area contributed by atoms with E-state index in [0.29, 0.717) is 11.5 Å². The average Bonchev–Trinajstić information content (AvgIpc) is 2.95. The quantitative estimate of drug-likeness (QED) is 0.539. The Balaban J connectivity index is 1.96. The average molecular weight is 342 g/mol. The molecule has 25 heavy (non-hydrogen) atoms. The molecule has 0 saturated heterocycles. The van der Waals surface area contributed by atoms with Gasteiger partial charge in [0.2, 0.25) is 5.95 Å². The van der Waals surface area contributed by atoms with Gasteiger partial charge in [-0.3, -0.25) is 14.3 Å². The number of hydrazone groups is 1. The highest BCUT2D eigenvalue weighted by molar-refractivity contribution is 5.99. The minimum atomic E-state index is -0.514. The first-order chi connectivity index (χ1) is 11.9. The van der Waals surface area contributed by atoms with Crippen molar-refractivity contribution < 1.29 is 4.74 Å². The van der Waals surface area contributed by atoms with Crippen LogP contribution in [0.5, 0.6) is 5.75 Å². The Hall–Kier alpha value is -3.36. The third-order valence-electron chi connectivity index (χ3n) is 3.97. The van der Waals surface area contributed by atoms with E-state index in [1.807, 2.05) is 31.2 Å². The van der Waals surface area contributed by atoms with Crippen LogP contribution >= 0.6 is 0 Å². The summed E-state index contributed by atoms with van der Waals surface area (Å²) in [7, 11) is 4.83. The number of nitrogens with zero attached hydrogens (tertiary/aromatic N) is 4. The Bertz CT molecular complexity index is 1070. The van der Waals surface area contributed by atoms with E-state index in [-0.39, 0.29) is 5.65 Å². The molecule has 9 heteroatoms. The van der Waals surface area contributed by atoms with Crippen molar-refractivity contribution in [1.29, 1.82) is 0 Å². The maximum atomic E-state index is 12.0. The fourth-order valence-electron chi connectivity index (χ4n) is 2.44. The fourth-order valence-corrected chi connectivity index (χ4v) is 2.44. The van der Waals surface area contributed by atoms with Gasteiger partial charge in [-0.05, 0) is 36.8 Å². The van der Waals surface area contributed by atoms with Crippen LogP contribution in [-0.4, -0.2) is 31.9 Å². The predicted molar refractivity (Wildman–Crippen MR) is 95.4 cm³/mol.